The molecule has 0 unspecified atom stereocenters. The molecule has 3 heterocycles. The zero-order valence-electron chi connectivity index (χ0n) is 13.2. The van der Waals surface area contributed by atoms with Gasteiger partial charge in [0, 0.05) is 35.0 Å². The van der Waals surface area contributed by atoms with Crippen molar-refractivity contribution < 1.29 is 22.3 Å². The molecule has 0 aliphatic carbocycles. The first-order valence-corrected chi connectivity index (χ1v) is 7.63. The minimum atomic E-state index is -4.48. The van der Waals surface area contributed by atoms with Crippen molar-refractivity contribution in [2.75, 3.05) is 0 Å². The minimum absolute atomic E-state index is 0.0436. The van der Waals surface area contributed by atoms with Crippen molar-refractivity contribution in [3.05, 3.63) is 72.9 Å². The molecule has 0 radical (unpaired) electrons. The summed E-state index contributed by atoms with van der Waals surface area (Å²) in [7, 11) is 0. The molecule has 1 aromatic carbocycles. The van der Waals surface area contributed by atoms with E-state index in [1.54, 1.807) is 36.7 Å². The van der Waals surface area contributed by atoms with Crippen molar-refractivity contribution in [3.8, 4) is 22.8 Å². The van der Waals surface area contributed by atoms with Crippen LogP contribution in [0.3, 0.4) is 0 Å². The number of rotatable bonds is 3. The van der Waals surface area contributed by atoms with E-state index in [0.717, 1.165) is 17.5 Å². The molecule has 4 rings (SSSR count). The summed E-state index contributed by atoms with van der Waals surface area (Å²) in [6.07, 6.45) is 1.64. The van der Waals surface area contributed by atoms with Crippen molar-refractivity contribution in [1.82, 2.24) is 9.97 Å². The van der Waals surface area contributed by atoms with Gasteiger partial charge >= 0.3 is 6.18 Å². The first-order valence-electron chi connectivity index (χ1n) is 7.63. The molecule has 130 valence electrons. The van der Waals surface area contributed by atoms with Crippen LogP contribution in [0.5, 0.6) is 11.6 Å². The van der Waals surface area contributed by atoms with Crippen LogP contribution in [-0.4, -0.2) is 9.97 Å². The van der Waals surface area contributed by atoms with Gasteiger partial charge in [-0.1, -0.05) is 0 Å². The summed E-state index contributed by atoms with van der Waals surface area (Å²) in [6, 6.07) is 10.0. The molecule has 0 saturated heterocycles. The third-order valence-corrected chi connectivity index (χ3v) is 3.82. The van der Waals surface area contributed by atoms with Crippen molar-refractivity contribution in [1.29, 1.82) is 0 Å². The van der Waals surface area contributed by atoms with E-state index in [1.807, 2.05) is 0 Å². The predicted molar refractivity (Wildman–Crippen MR) is 88.8 cm³/mol. The standard InChI is InChI=1S/C19H11F3N2O2/c20-19(21,22)14-2-3-15(13-6-8-25-11-13)17(9-14)26-18-4-1-12-10-23-7-5-16(12)24-18/h1-11H. The number of ether oxygens (including phenoxy) is 1. The molecule has 7 heteroatoms. The van der Waals surface area contributed by atoms with Gasteiger partial charge in [-0.25, -0.2) is 4.98 Å². The third kappa shape index (κ3) is 3.11. The lowest BCUT2D eigenvalue weighted by Gasteiger charge is -2.13. The Hall–Kier alpha value is -3.35. The van der Waals surface area contributed by atoms with Crippen LogP contribution in [0, 0.1) is 0 Å². The third-order valence-electron chi connectivity index (χ3n) is 3.82. The molecule has 0 saturated carbocycles. The van der Waals surface area contributed by atoms with Crippen LogP contribution in [0.25, 0.3) is 22.0 Å². The lowest BCUT2D eigenvalue weighted by atomic mass is 10.0. The number of fused-ring (bicyclic) bond motifs is 1. The first-order chi connectivity index (χ1) is 12.5. The van der Waals surface area contributed by atoms with Gasteiger partial charge in [0.2, 0.25) is 5.88 Å². The average molecular weight is 356 g/mol. The molecule has 0 fully saturated rings. The maximum Gasteiger partial charge on any atom is 0.416 e. The van der Waals surface area contributed by atoms with Gasteiger partial charge in [-0.15, -0.1) is 0 Å². The highest BCUT2D eigenvalue weighted by Gasteiger charge is 2.31. The Labute approximate surface area is 145 Å². The molecule has 0 atom stereocenters. The number of alkyl halides is 3. The molecule has 4 aromatic rings. The number of benzene rings is 1. The molecule has 26 heavy (non-hydrogen) atoms. The number of furan rings is 1. The van der Waals surface area contributed by atoms with Crippen LogP contribution < -0.4 is 4.74 Å². The summed E-state index contributed by atoms with van der Waals surface area (Å²) in [6.45, 7) is 0. The monoisotopic (exact) mass is 356 g/mol. The Kier molecular flexibility index (Phi) is 3.84. The first kappa shape index (κ1) is 16.1. The number of hydrogen-bond acceptors (Lipinski definition) is 4. The molecule has 0 amide bonds. The molecular formula is C19H11F3N2O2. The van der Waals surface area contributed by atoms with E-state index < -0.39 is 11.7 Å². The zero-order valence-corrected chi connectivity index (χ0v) is 13.2. The van der Waals surface area contributed by atoms with Crippen molar-refractivity contribution >= 4 is 10.9 Å². The summed E-state index contributed by atoms with van der Waals surface area (Å²) in [5.74, 6) is 0.231. The molecule has 0 aliphatic rings. The van der Waals surface area contributed by atoms with Gasteiger partial charge in [0.25, 0.3) is 0 Å². The number of aromatic nitrogens is 2. The summed E-state index contributed by atoms with van der Waals surface area (Å²) < 4.78 is 50.0. The number of halogens is 3. The Morgan fingerprint density at radius 3 is 2.65 bits per heavy atom. The van der Waals surface area contributed by atoms with Gasteiger partial charge < -0.3 is 9.15 Å². The van der Waals surface area contributed by atoms with Crippen LogP contribution in [0.1, 0.15) is 5.56 Å². The van der Waals surface area contributed by atoms with E-state index in [-0.39, 0.29) is 11.6 Å². The van der Waals surface area contributed by atoms with Crippen LogP contribution in [0.2, 0.25) is 0 Å². The van der Waals surface area contributed by atoms with Crippen LogP contribution >= 0.6 is 0 Å². The fraction of sp³-hybridized carbons (Fsp3) is 0.0526. The largest absolute Gasteiger partial charge is 0.472 e. The highest BCUT2D eigenvalue weighted by molar-refractivity contribution is 5.78. The van der Waals surface area contributed by atoms with Crippen molar-refractivity contribution in [2.45, 2.75) is 6.18 Å². The van der Waals surface area contributed by atoms with Crippen LogP contribution in [0.15, 0.2) is 71.8 Å². The van der Waals surface area contributed by atoms with Gasteiger partial charge in [-0.2, -0.15) is 13.2 Å². The van der Waals surface area contributed by atoms with E-state index in [2.05, 4.69) is 9.97 Å². The molecular weight excluding hydrogens is 345 g/mol. The summed E-state index contributed by atoms with van der Waals surface area (Å²) in [5.41, 5.74) is 0.918. The van der Waals surface area contributed by atoms with Gasteiger partial charge in [0.1, 0.15) is 5.75 Å². The Morgan fingerprint density at radius 1 is 1.00 bits per heavy atom. The van der Waals surface area contributed by atoms with Crippen molar-refractivity contribution in [2.24, 2.45) is 0 Å². The second kappa shape index (κ2) is 6.18. The SMILES string of the molecule is FC(F)(F)c1ccc(-c2ccoc2)c(Oc2ccc3cnccc3n2)c1. The minimum Gasteiger partial charge on any atom is -0.472 e. The van der Waals surface area contributed by atoms with Gasteiger partial charge in [0.05, 0.1) is 23.6 Å². The van der Waals surface area contributed by atoms with Crippen molar-refractivity contribution in [3.63, 3.8) is 0 Å². The lowest BCUT2D eigenvalue weighted by Crippen LogP contribution is -2.05. The smallest absolute Gasteiger partial charge is 0.416 e. The van der Waals surface area contributed by atoms with Gasteiger partial charge in [-0.3, -0.25) is 4.98 Å². The number of nitrogens with zero attached hydrogens (tertiary/aromatic N) is 2. The van der Waals surface area contributed by atoms with Gasteiger partial charge in [-0.05, 0) is 36.4 Å². The normalized spacial score (nSPS) is 11.7. The topological polar surface area (TPSA) is 48.2 Å². The maximum absolute atomic E-state index is 13.1. The van der Waals surface area contributed by atoms with Crippen LogP contribution in [0.4, 0.5) is 13.2 Å². The second-order valence-electron chi connectivity index (χ2n) is 5.54. The molecule has 0 aliphatic heterocycles. The molecule has 0 spiro atoms. The predicted octanol–water partition coefficient (Wildman–Crippen LogP) is 5.70. The highest BCUT2D eigenvalue weighted by atomic mass is 19.4. The van der Waals surface area contributed by atoms with Gasteiger partial charge in [0.15, 0.2) is 0 Å². The van der Waals surface area contributed by atoms with E-state index in [1.165, 1.54) is 18.6 Å². The second-order valence-corrected chi connectivity index (χ2v) is 5.54. The summed E-state index contributed by atoms with van der Waals surface area (Å²) in [4.78, 5) is 8.31. The molecule has 4 nitrogen and oxygen atoms in total. The Morgan fingerprint density at radius 2 is 1.88 bits per heavy atom. The summed E-state index contributed by atoms with van der Waals surface area (Å²) >= 11 is 0. The Bertz CT molecular complexity index is 1060. The lowest BCUT2D eigenvalue weighted by molar-refractivity contribution is -0.137. The number of hydrogen-bond donors (Lipinski definition) is 0. The molecule has 0 N–H and O–H groups in total. The fourth-order valence-corrected chi connectivity index (χ4v) is 2.56. The van der Waals surface area contributed by atoms with E-state index >= 15 is 0 Å². The fourth-order valence-electron chi connectivity index (χ4n) is 2.56. The van der Waals surface area contributed by atoms with E-state index in [0.29, 0.717) is 16.6 Å². The van der Waals surface area contributed by atoms with E-state index in [4.69, 9.17) is 9.15 Å². The summed E-state index contributed by atoms with van der Waals surface area (Å²) in [5, 5.41) is 0.805. The highest BCUT2D eigenvalue weighted by Crippen LogP contribution is 2.39. The molecule has 0 bridgehead atoms. The maximum atomic E-state index is 13.1. The van der Waals surface area contributed by atoms with Crippen LogP contribution in [-0.2, 0) is 6.18 Å². The number of pyridine rings is 2. The Balaban J connectivity index is 1.79. The zero-order chi connectivity index (χ0) is 18.1. The quantitative estimate of drug-likeness (QED) is 0.472. The molecule has 3 aromatic heterocycles. The van der Waals surface area contributed by atoms with E-state index in [9.17, 15) is 13.2 Å². The average Bonchev–Trinajstić information content (AvgIpc) is 3.15.